The van der Waals surface area contributed by atoms with Gasteiger partial charge in [-0.2, -0.15) is 0 Å². The molecule has 0 saturated carbocycles. The van der Waals surface area contributed by atoms with Crippen LogP contribution in [-0.4, -0.2) is 23.1 Å². The van der Waals surface area contributed by atoms with E-state index in [-0.39, 0.29) is 0 Å². The molecule has 2 rings (SSSR count). The van der Waals surface area contributed by atoms with Crippen LogP contribution in [0.3, 0.4) is 0 Å². The summed E-state index contributed by atoms with van der Waals surface area (Å²) in [6, 6.07) is 0. The second-order valence-corrected chi connectivity index (χ2v) is 5.29. The van der Waals surface area contributed by atoms with Gasteiger partial charge in [-0.3, -0.25) is 0 Å². The van der Waals surface area contributed by atoms with Gasteiger partial charge in [0.05, 0.1) is 4.47 Å². The Bertz CT molecular complexity index is 340. The van der Waals surface area contributed by atoms with Crippen molar-refractivity contribution >= 4 is 21.7 Å². The summed E-state index contributed by atoms with van der Waals surface area (Å²) in [7, 11) is 0. The van der Waals surface area contributed by atoms with Crippen molar-refractivity contribution in [3.8, 4) is 0 Å². The van der Waals surface area contributed by atoms with Crippen molar-refractivity contribution in [1.82, 2.24) is 9.97 Å². The van der Waals surface area contributed by atoms with Crippen LogP contribution in [0.1, 0.15) is 20.3 Å². The van der Waals surface area contributed by atoms with Gasteiger partial charge >= 0.3 is 0 Å². The van der Waals surface area contributed by atoms with Gasteiger partial charge < -0.3 is 4.90 Å². The van der Waals surface area contributed by atoms with E-state index in [1.807, 2.05) is 6.20 Å². The van der Waals surface area contributed by atoms with E-state index in [1.165, 1.54) is 6.42 Å². The topological polar surface area (TPSA) is 29.0 Å². The Morgan fingerprint density at radius 2 is 2.33 bits per heavy atom. The van der Waals surface area contributed by atoms with Gasteiger partial charge in [0.2, 0.25) is 0 Å². The van der Waals surface area contributed by atoms with Crippen LogP contribution in [0.2, 0.25) is 0 Å². The Hall–Kier alpha value is -0.640. The van der Waals surface area contributed by atoms with Gasteiger partial charge in [-0.05, 0) is 34.2 Å². The molecule has 1 aromatic rings. The molecule has 1 fully saturated rings. The SMILES string of the molecule is CC(C)C1CCN(c2ncncc2Br)C1. The Balaban J connectivity index is 2.11. The monoisotopic (exact) mass is 269 g/mol. The van der Waals surface area contributed by atoms with E-state index >= 15 is 0 Å². The fourth-order valence-corrected chi connectivity index (χ4v) is 2.53. The van der Waals surface area contributed by atoms with E-state index in [2.05, 4.69) is 44.6 Å². The van der Waals surface area contributed by atoms with E-state index < -0.39 is 0 Å². The second-order valence-electron chi connectivity index (χ2n) is 4.43. The summed E-state index contributed by atoms with van der Waals surface area (Å²) < 4.78 is 0.995. The maximum atomic E-state index is 4.32. The summed E-state index contributed by atoms with van der Waals surface area (Å²) in [6.07, 6.45) is 4.70. The lowest BCUT2D eigenvalue weighted by molar-refractivity contribution is 0.422. The summed E-state index contributed by atoms with van der Waals surface area (Å²) in [5, 5.41) is 0. The maximum Gasteiger partial charge on any atom is 0.146 e. The van der Waals surface area contributed by atoms with Gasteiger partial charge in [-0.25, -0.2) is 9.97 Å². The molecule has 1 saturated heterocycles. The molecule has 1 atom stereocenters. The molecule has 3 nitrogen and oxygen atoms in total. The number of anilines is 1. The predicted molar refractivity (Wildman–Crippen MR) is 64.9 cm³/mol. The minimum absolute atomic E-state index is 0.760. The average Bonchev–Trinajstić information content (AvgIpc) is 2.67. The first kappa shape index (κ1) is 10.9. The molecule has 4 heteroatoms. The third-order valence-electron chi connectivity index (χ3n) is 3.12. The quantitative estimate of drug-likeness (QED) is 0.827. The van der Waals surface area contributed by atoms with Crippen molar-refractivity contribution in [2.45, 2.75) is 20.3 Å². The molecule has 0 aromatic carbocycles. The second kappa shape index (κ2) is 4.47. The molecule has 2 heterocycles. The number of nitrogens with zero attached hydrogens (tertiary/aromatic N) is 3. The Morgan fingerprint density at radius 3 is 2.93 bits per heavy atom. The van der Waals surface area contributed by atoms with Crippen LogP contribution in [0.5, 0.6) is 0 Å². The van der Waals surface area contributed by atoms with Crippen molar-refractivity contribution in [1.29, 1.82) is 0 Å². The van der Waals surface area contributed by atoms with E-state index in [0.717, 1.165) is 35.2 Å². The first-order valence-corrected chi connectivity index (χ1v) is 6.18. The summed E-state index contributed by atoms with van der Waals surface area (Å²) >= 11 is 3.50. The lowest BCUT2D eigenvalue weighted by atomic mass is 9.95. The van der Waals surface area contributed by atoms with Gasteiger partial charge in [-0.1, -0.05) is 13.8 Å². The Kier molecular flexibility index (Phi) is 3.24. The van der Waals surface area contributed by atoms with Gasteiger partial charge in [-0.15, -0.1) is 0 Å². The highest BCUT2D eigenvalue weighted by atomic mass is 79.9. The summed E-state index contributed by atoms with van der Waals surface area (Å²) in [5.74, 6) is 2.59. The third-order valence-corrected chi connectivity index (χ3v) is 3.67. The number of hydrogen-bond donors (Lipinski definition) is 0. The molecule has 1 aromatic heterocycles. The lowest BCUT2D eigenvalue weighted by Gasteiger charge is -2.19. The molecule has 15 heavy (non-hydrogen) atoms. The van der Waals surface area contributed by atoms with Gasteiger partial charge in [0, 0.05) is 19.3 Å². The number of hydrogen-bond acceptors (Lipinski definition) is 3. The Morgan fingerprint density at radius 1 is 1.53 bits per heavy atom. The summed E-state index contributed by atoms with van der Waals surface area (Å²) in [4.78, 5) is 10.7. The van der Waals surface area contributed by atoms with Crippen LogP contribution in [-0.2, 0) is 0 Å². The van der Waals surface area contributed by atoms with Gasteiger partial charge in [0.15, 0.2) is 0 Å². The molecular weight excluding hydrogens is 254 g/mol. The molecule has 0 aliphatic carbocycles. The number of halogens is 1. The van der Waals surface area contributed by atoms with Crippen LogP contribution >= 0.6 is 15.9 Å². The molecule has 1 aliphatic heterocycles. The van der Waals surface area contributed by atoms with E-state index in [9.17, 15) is 0 Å². The van der Waals surface area contributed by atoms with Crippen LogP contribution in [0.15, 0.2) is 17.0 Å². The minimum Gasteiger partial charge on any atom is -0.355 e. The zero-order valence-corrected chi connectivity index (χ0v) is 10.7. The van der Waals surface area contributed by atoms with Crippen molar-refractivity contribution in [3.63, 3.8) is 0 Å². The standard InChI is InChI=1S/C11H16BrN3/c1-8(2)9-3-4-15(6-9)11-10(12)5-13-7-14-11/h5,7-9H,3-4,6H2,1-2H3. The molecule has 0 spiro atoms. The van der Waals surface area contributed by atoms with Crippen LogP contribution in [0.25, 0.3) is 0 Å². The van der Waals surface area contributed by atoms with Crippen molar-refractivity contribution in [3.05, 3.63) is 17.0 Å². The Labute approximate surface area is 99.0 Å². The summed E-state index contributed by atoms with van der Waals surface area (Å²) in [5.41, 5.74) is 0. The number of aromatic nitrogens is 2. The van der Waals surface area contributed by atoms with Crippen molar-refractivity contribution < 1.29 is 0 Å². The third kappa shape index (κ3) is 2.30. The smallest absolute Gasteiger partial charge is 0.146 e. The van der Waals surface area contributed by atoms with E-state index in [1.54, 1.807) is 6.33 Å². The van der Waals surface area contributed by atoms with E-state index in [0.29, 0.717) is 0 Å². The van der Waals surface area contributed by atoms with Crippen LogP contribution in [0, 0.1) is 11.8 Å². The highest BCUT2D eigenvalue weighted by molar-refractivity contribution is 9.10. The number of rotatable bonds is 2. The molecule has 0 bridgehead atoms. The van der Waals surface area contributed by atoms with Crippen LogP contribution in [0.4, 0.5) is 5.82 Å². The van der Waals surface area contributed by atoms with E-state index in [4.69, 9.17) is 0 Å². The highest BCUT2D eigenvalue weighted by Crippen LogP contribution is 2.30. The molecule has 0 N–H and O–H groups in total. The predicted octanol–water partition coefficient (Wildman–Crippen LogP) is 2.72. The largest absolute Gasteiger partial charge is 0.355 e. The molecule has 82 valence electrons. The fraction of sp³-hybridized carbons (Fsp3) is 0.636. The summed E-state index contributed by atoms with van der Waals surface area (Å²) in [6.45, 7) is 6.82. The van der Waals surface area contributed by atoms with Crippen molar-refractivity contribution in [2.75, 3.05) is 18.0 Å². The van der Waals surface area contributed by atoms with Gasteiger partial charge in [0.25, 0.3) is 0 Å². The molecular formula is C11H16BrN3. The molecule has 0 amide bonds. The average molecular weight is 270 g/mol. The molecule has 0 radical (unpaired) electrons. The maximum absolute atomic E-state index is 4.32. The normalized spacial score (nSPS) is 21.3. The molecule has 1 unspecified atom stereocenters. The first-order valence-electron chi connectivity index (χ1n) is 5.39. The highest BCUT2D eigenvalue weighted by Gasteiger charge is 2.26. The fourth-order valence-electron chi connectivity index (χ4n) is 2.06. The minimum atomic E-state index is 0.760. The zero-order valence-electron chi connectivity index (χ0n) is 9.15. The lowest BCUT2D eigenvalue weighted by Crippen LogP contribution is -2.22. The van der Waals surface area contributed by atoms with Crippen molar-refractivity contribution in [2.24, 2.45) is 11.8 Å². The van der Waals surface area contributed by atoms with Gasteiger partial charge in [0.1, 0.15) is 12.1 Å². The molecule has 1 aliphatic rings. The van der Waals surface area contributed by atoms with Crippen LogP contribution < -0.4 is 4.90 Å². The first-order chi connectivity index (χ1) is 7.18. The zero-order chi connectivity index (χ0) is 10.8.